The van der Waals surface area contributed by atoms with Gasteiger partial charge in [-0.3, -0.25) is 4.79 Å². The number of nitrogens with zero attached hydrogens (tertiary/aromatic N) is 2. The second kappa shape index (κ2) is 9.04. The van der Waals surface area contributed by atoms with E-state index in [-0.39, 0.29) is 17.3 Å². The first-order valence-corrected chi connectivity index (χ1v) is 11.9. The van der Waals surface area contributed by atoms with Gasteiger partial charge in [-0.05, 0) is 47.4 Å². The van der Waals surface area contributed by atoms with Crippen LogP contribution in [0.5, 0.6) is 0 Å². The van der Waals surface area contributed by atoms with Gasteiger partial charge in [0.15, 0.2) is 0 Å². The van der Waals surface area contributed by atoms with Gasteiger partial charge in [0.1, 0.15) is 0 Å². The number of hydrogen-bond donors (Lipinski definition) is 0. The van der Waals surface area contributed by atoms with Crippen LogP contribution in [0.15, 0.2) is 83.8 Å². The van der Waals surface area contributed by atoms with Gasteiger partial charge in [-0.25, -0.2) is 8.42 Å². The predicted molar refractivity (Wildman–Crippen MR) is 121 cm³/mol. The summed E-state index contributed by atoms with van der Waals surface area (Å²) in [6.45, 7) is 3.78. The van der Waals surface area contributed by atoms with Gasteiger partial charge in [-0.2, -0.15) is 4.31 Å². The standard InChI is InChI=1S/C25H26N2O3S/c1-2-27(31(29,30)24-10-4-3-5-11-24)18-20-12-14-22(15-13-20)25(28)26-17-16-21-8-6-7-9-23(21)19-26/h3-15H,2,16-19H2,1H3. The molecule has 1 heterocycles. The Hall–Kier alpha value is -2.96. The highest BCUT2D eigenvalue weighted by Crippen LogP contribution is 2.22. The van der Waals surface area contributed by atoms with Crippen molar-refractivity contribution in [2.75, 3.05) is 13.1 Å². The Morgan fingerprint density at radius 3 is 2.23 bits per heavy atom. The van der Waals surface area contributed by atoms with Gasteiger partial charge >= 0.3 is 0 Å². The summed E-state index contributed by atoms with van der Waals surface area (Å²) >= 11 is 0. The van der Waals surface area contributed by atoms with Gasteiger partial charge in [0, 0.05) is 31.7 Å². The van der Waals surface area contributed by atoms with E-state index in [1.54, 1.807) is 42.5 Å². The average Bonchev–Trinajstić information content (AvgIpc) is 2.82. The third-order valence-electron chi connectivity index (χ3n) is 5.71. The van der Waals surface area contributed by atoms with Gasteiger partial charge in [0.2, 0.25) is 10.0 Å². The predicted octanol–water partition coefficient (Wildman–Crippen LogP) is 4.10. The lowest BCUT2D eigenvalue weighted by Crippen LogP contribution is -2.36. The summed E-state index contributed by atoms with van der Waals surface area (Å²) in [5.41, 5.74) is 3.98. The van der Waals surface area contributed by atoms with Gasteiger partial charge < -0.3 is 4.90 Å². The summed E-state index contributed by atoms with van der Waals surface area (Å²) < 4.78 is 27.3. The Morgan fingerprint density at radius 2 is 1.55 bits per heavy atom. The van der Waals surface area contributed by atoms with E-state index >= 15 is 0 Å². The van der Waals surface area contributed by atoms with Crippen LogP contribution in [0, 0.1) is 0 Å². The van der Waals surface area contributed by atoms with Crippen molar-refractivity contribution in [1.29, 1.82) is 0 Å². The molecule has 3 aromatic rings. The Kier molecular flexibility index (Phi) is 6.20. The number of sulfonamides is 1. The monoisotopic (exact) mass is 434 g/mol. The van der Waals surface area contributed by atoms with Crippen molar-refractivity contribution in [2.24, 2.45) is 0 Å². The SMILES string of the molecule is CCN(Cc1ccc(C(=O)N2CCc3ccccc3C2)cc1)S(=O)(=O)c1ccccc1. The van der Waals surface area contributed by atoms with Crippen molar-refractivity contribution in [3.8, 4) is 0 Å². The molecule has 0 fully saturated rings. The molecular formula is C25H26N2O3S. The lowest BCUT2D eigenvalue weighted by molar-refractivity contribution is 0.0734. The molecule has 0 radical (unpaired) electrons. The molecule has 1 aliphatic heterocycles. The minimum Gasteiger partial charge on any atom is -0.334 e. The molecular weight excluding hydrogens is 408 g/mol. The lowest BCUT2D eigenvalue weighted by Gasteiger charge is -2.29. The fraction of sp³-hybridized carbons (Fsp3) is 0.240. The molecule has 31 heavy (non-hydrogen) atoms. The van der Waals surface area contributed by atoms with E-state index < -0.39 is 10.0 Å². The van der Waals surface area contributed by atoms with Crippen molar-refractivity contribution in [3.63, 3.8) is 0 Å². The van der Waals surface area contributed by atoms with Crippen LogP contribution in [-0.4, -0.2) is 36.6 Å². The van der Waals surface area contributed by atoms with Crippen molar-refractivity contribution < 1.29 is 13.2 Å². The summed E-state index contributed by atoms with van der Waals surface area (Å²) in [4.78, 5) is 15.1. The molecule has 0 saturated carbocycles. The van der Waals surface area contributed by atoms with Gasteiger partial charge in [0.25, 0.3) is 5.91 Å². The molecule has 0 aromatic heterocycles. The van der Waals surface area contributed by atoms with E-state index in [1.165, 1.54) is 15.4 Å². The average molecular weight is 435 g/mol. The van der Waals surface area contributed by atoms with Crippen LogP contribution in [0.4, 0.5) is 0 Å². The van der Waals surface area contributed by atoms with Crippen molar-refractivity contribution >= 4 is 15.9 Å². The van der Waals surface area contributed by atoms with Crippen LogP contribution >= 0.6 is 0 Å². The van der Waals surface area contributed by atoms with Crippen molar-refractivity contribution in [2.45, 2.75) is 31.3 Å². The molecule has 0 spiro atoms. The van der Waals surface area contributed by atoms with E-state index in [9.17, 15) is 13.2 Å². The van der Waals surface area contributed by atoms with Gasteiger partial charge in [-0.1, -0.05) is 61.5 Å². The number of carbonyl (C=O) groups is 1. The quantitative estimate of drug-likeness (QED) is 0.587. The summed E-state index contributed by atoms with van der Waals surface area (Å²) in [6.07, 6.45) is 0.864. The molecule has 4 rings (SSSR count). The molecule has 1 aliphatic rings. The summed E-state index contributed by atoms with van der Waals surface area (Å²) in [6, 6.07) is 24.0. The Morgan fingerprint density at radius 1 is 0.903 bits per heavy atom. The zero-order valence-electron chi connectivity index (χ0n) is 17.6. The van der Waals surface area contributed by atoms with E-state index in [1.807, 2.05) is 36.1 Å². The van der Waals surface area contributed by atoms with E-state index in [2.05, 4.69) is 12.1 Å². The smallest absolute Gasteiger partial charge is 0.254 e. The molecule has 0 aliphatic carbocycles. The summed E-state index contributed by atoms with van der Waals surface area (Å²) in [5, 5.41) is 0. The highest BCUT2D eigenvalue weighted by molar-refractivity contribution is 7.89. The Bertz CT molecular complexity index is 1160. The first-order chi connectivity index (χ1) is 15.0. The number of fused-ring (bicyclic) bond motifs is 1. The van der Waals surface area contributed by atoms with Crippen LogP contribution in [0.1, 0.15) is 34.0 Å². The first kappa shape index (κ1) is 21.3. The maximum absolute atomic E-state index is 13.0. The number of amides is 1. The van der Waals surface area contributed by atoms with Gasteiger partial charge in [0.05, 0.1) is 4.90 Å². The summed E-state index contributed by atoms with van der Waals surface area (Å²) in [7, 11) is -3.56. The Labute approximate surface area is 184 Å². The highest BCUT2D eigenvalue weighted by Gasteiger charge is 2.24. The van der Waals surface area contributed by atoms with E-state index in [0.717, 1.165) is 12.0 Å². The minimum atomic E-state index is -3.56. The van der Waals surface area contributed by atoms with E-state index in [0.29, 0.717) is 25.2 Å². The molecule has 0 saturated heterocycles. The lowest BCUT2D eigenvalue weighted by atomic mass is 9.99. The molecule has 160 valence electrons. The molecule has 0 bridgehead atoms. The van der Waals surface area contributed by atoms with E-state index in [4.69, 9.17) is 0 Å². The molecule has 0 N–H and O–H groups in total. The molecule has 6 heteroatoms. The third-order valence-corrected chi connectivity index (χ3v) is 7.65. The second-order valence-electron chi connectivity index (χ2n) is 7.69. The van der Waals surface area contributed by atoms with Crippen LogP contribution in [0.3, 0.4) is 0 Å². The number of benzene rings is 3. The summed E-state index contributed by atoms with van der Waals surface area (Å²) in [5.74, 6) is 0.00491. The normalized spacial score (nSPS) is 13.8. The van der Waals surface area contributed by atoms with Crippen LogP contribution in [0.2, 0.25) is 0 Å². The van der Waals surface area contributed by atoms with Crippen LogP contribution < -0.4 is 0 Å². The maximum atomic E-state index is 13.0. The molecule has 0 unspecified atom stereocenters. The van der Waals surface area contributed by atoms with Crippen molar-refractivity contribution in [3.05, 3.63) is 101 Å². The zero-order chi connectivity index (χ0) is 21.8. The first-order valence-electron chi connectivity index (χ1n) is 10.5. The second-order valence-corrected chi connectivity index (χ2v) is 9.62. The third kappa shape index (κ3) is 4.55. The van der Waals surface area contributed by atoms with Crippen LogP contribution in [-0.2, 0) is 29.5 Å². The zero-order valence-corrected chi connectivity index (χ0v) is 18.4. The minimum absolute atomic E-state index is 0.00491. The van der Waals surface area contributed by atoms with Gasteiger partial charge in [-0.15, -0.1) is 0 Å². The molecule has 1 amide bonds. The number of hydrogen-bond acceptors (Lipinski definition) is 3. The molecule has 5 nitrogen and oxygen atoms in total. The fourth-order valence-corrected chi connectivity index (χ4v) is 5.37. The molecule has 0 atom stereocenters. The maximum Gasteiger partial charge on any atom is 0.254 e. The molecule has 3 aromatic carbocycles. The largest absolute Gasteiger partial charge is 0.334 e. The topological polar surface area (TPSA) is 57.7 Å². The number of carbonyl (C=O) groups excluding carboxylic acids is 1. The van der Waals surface area contributed by atoms with Crippen molar-refractivity contribution in [1.82, 2.24) is 9.21 Å². The Balaban J connectivity index is 1.46. The number of rotatable bonds is 6. The highest BCUT2D eigenvalue weighted by atomic mass is 32.2. The fourth-order valence-electron chi connectivity index (χ4n) is 3.92. The van der Waals surface area contributed by atoms with Crippen LogP contribution in [0.25, 0.3) is 0 Å².